The predicted octanol–water partition coefficient (Wildman–Crippen LogP) is 7.70. The summed E-state index contributed by atoms with van der Waals surface area (Å²) >= 11 is 6.05. The Morgan fingerprint density at radius 2 is 1.70 bits per heavy atom. The Bertz CT molecular complexity index is 1600. The molecule has 210 valence electrons. The van der Waals surface area contributed by atoms with Crippen LogP contribution in [0.1, 0.15) is 58.7 Å². The highest BCUT2D eigenvalue weighted by atomic mass is 35.5. The van der Waals surface area contributed by atoms with Crippen molar-refractivity contribution in [2.24, 2.45) is 0 Å². The molecule has 1 atom stereocenters. The first-order chi connectivity index (χ1) is 19.0. The second kappa shape index (κ2) is 12.3. The minimum atomic E-state index is -3.39. The van der Waals surface area contributed by atoms with Gasteiger partial charge in [-0.1, -0.05) is 48.9 Å². The lowest BCUT2D eigenvalue weighted by Gasteiger charge is -2.22. The number of sulfone groups is 1. The van der Waals surface area contributed by atoms with Crippen molar-refractivity contribution in [3.8, 4) is 5.69 Å². The van der Waals surface area contributed by atoms with E-state index in [2.05, 4.69) is 5.32 Å². The Labute approximate surface area is 237 Å². The van der Waals surface area contributed by atoms with E-state index in [0.29, 0.717) is 30.1 Å². The van der Waals surface area contributed by atoms with Gasteiger partial charge in [-0.3, -0.25) is 4.79 Å². The zero-order valence-electron chi connectivity index (χ0n) is 22.2. The van der Waals surface area contributed by atoms with E-state index in [1.54, 1.807) is 17.6 Å². The van der Waals surface area contributed by atoms with Gasteiger partial charge in [0.05, 0.1) is 34.6 Å². The van der Waals surface area contributed by atoms with E-state index in [4.69, 9.17) is 16.3 Å². The van der Waals surface area contributed by atoms with E-state index in [9.17, 15) is 22.0 Å². The Morgan fingerprint density at radius 3 is 2.30 bits per heavy atom. The van der Waals surface area contributed by atoms with Gasteiger partial charge in [0.15, 0.2) is 9.84 Å². The van der Waals surface area contributed by atoms with Crippen LogP contribution in [0, 0.1) is 6.92 Å². The highest BCUT2D eigenvalue weighted by Crippen LogP contribution is 2.36. The van der Waals surface area contributed by atoms with Crippen LogP contribution in [-0.4, -0.2) is 25.1 Å². The Morgan fingerprint density at radius 1 is 1.02 bits per heavy atom. The summed E-state index contributed by atoms with van der Waals surface area (Å²) in [5.74, 6) is -0.477. The van der Waals surface area contributed by atoms with Crippen molar-refractivity contribution < 1.29 is 26.7 Å². The highest BCUT2D eigenvalue weighted by molar-refractivity contribution is 7.90. The molecule has 0 saturated heterocycles. The van der Waals surface area contributed by atoms with Gasteiger partial charge in [0.1, 0.15) is 0 Å². The molecule has 6 nitrogen and oxygen atoms in total. The summed E-state index contributed by atoms with van der Waals surface area (Å²) < 4.78 is 59.7. The molecule has 0 bridgehead atoms. The summed E-state index contributed by atoms with van der Waals surface area (Å²) in [5.41, 5.74) is 2.51. The van der Waals surface area contributed by atoms with Gasteiger partial charge in [-0.05, 0) is 67.4 Å². The second-order valence-electron chi connectivity index (χ2n) is 9.35. The van der Waals surface area contributed by atoms with Gasteiger partial charge in [0.2, 0.25) is 0 Å². The first-order valence-corrected chi connectivity index (χ1v) is 14.8. The number of carbonyl (C=O) groups excluding carboxylic acids is 1. The van der Waals surface area contributed by atoms with E-state index < -0.39 is 28.3 Å². The number of anilines is 1. The van der Waals surface area contributed by atoms with Crippen molar-refractivity contribution in [3.63, 3.8) is 0 Å². The zero-order valence-corrected chi connectivity index (χ0v) is 23.8. The van der Waals surface area contributed by atoms with E-state index in [0.717, 1.165) is 11.8 Å². The second-order valence-corrected chi connectivity index (χ2v) is 11.8. The maximum Gasteiger partial charge on any atom is 0.265 e. The van der Waals surface area contributed by atoms with Crippen molar-refractivity contribution in [1.29, 1.82) is 0 Å². The fourth-order valence-corrected chi connectivity index (χ4v) is 5.30. The molecule has 4 aromatic rings. The monoisotopic (exact) mass is 586 g/mol. The van der Waals surface area contributed by atoms with Crippen LogP contribution >= 0.6 is 11.6 Å². The Hall–Kier alpha value is -3.53. The maximum absolute atomic E-state index is 14.2. The number of hydrogen-bond acceptors (Lipinski definition) is 4. The molecule has 10 heteroatoms. The van der Waals surface area contributed by atoms with Gasteiger partial charge in [0.25, 0.3) is 12.3 Å². The van der Waals surface area contributed by atoms with Crippen molar-refractivity contribution >= 4 is 33.0 Å². The summed E-state index contributed by atoms with van der Waals surface area (Å²) in [4.78, 5) is 13.5. The lowest BCUT2D eigenvalue weighted by atomic mass is 10.1. The van der Waals surface area contributed by atoms with Crippen LogP contribution in [0.2, 0.25) is 5.02 Å². The van der Waals surface area contributed by atoms with E-state index in [1.165, 1.54) is 42.5 Å². The standard InChI is InChI=1S/C30H29ClF2N2O4S/c1-4-28(39-18-20-8-6-5-7-9-20)27-17-24(30(36)34-22-11-13-23(14-12-22)40(3,37)38)19(2)35(27)26-15-10-21(31)16-25(26)29(32)33/h5-17,28-29H,4,18H2,1-3H3,(H,34,36). The quantitative estimate of drug-likeness (QED) is 0.206. The number of rotatable bonds is 10. The third-order valence-electron chi connectivity index (χ3n) is 6.52. The van der Waals surface area contributed by atoms with Gasteiger partial charge in [0, 0.05) is 28.2 Å². The van der Waals surface area contributed by atoms with Crippen molar-refractivity contribution in [3.05, 3.63) is 112 Å². The Kier molecular flexibility index (Phi) is 9.08. The van der Waals surface area contributed by atoms with Gasteiger partial charge < -0.3 is 14.6 Å². The number of amides is 1. The molecule has 1 heterocycles. The van der Waals surface area contributed by atoms with Crippen molar-refractivity contribution in [1.82, 2.24) is 4.57 Å². The van der Waals surface area contributed by atoms with Crippen LogP contribution in [0.15, 0.2) is 83.8 Å². The topological polar surface area (TPSA) is 77.4 Å². The fraction of sp³-hybridized carbons (Fsp3) is 0.233. The fourth-order valence-electron chi connectivity index (χ4n) is 4.49. The number of carbonyl (C=O) groups is 1. The molecule has 0 aliphatic rings. The molecule has 0 fully saturated rings. The molecule has 1 N–H and O–H groups in total. The summed E-state index contributed by atoms with van der Waals surface area (Å²) in [5, 5.41) is 2.95. The molecule has 3 aromatic carbocycles. The highest BCUT2D eigenvalue weighted by Gasteiger charge is 2.27. The maximum atomic E-state index is 14.2. The van der Waals surface area contributed by atoms with Crippen molar-refractivity contribution in [2.75, 3.05) is 11.6 Å². The number of aromatic nitrogens is 1. The molecule has 0 saturated carbocycles. The number of nitrogens with zero attached hydrogens (tertiary/aromatic N) is 1. The molecule has 4 rings (SSSR count). The van der Waals surface area contributed by atoms with Crippen molar-refractivity contribution in [2.45, 2.75) is 44.3 Å². The molecule has 1 aromatic heterocycles. The normalized spacial score (nSPS) is 12.5. The average Bonchev–Trinajstić information content (AvgIpc) is 3.26. The third-order valence-corrected chi connectivity index (χ3v) is 7.88. The molecule has 0 aliphatic carbocycles. The molecule has 40 heavy (non-hydrogen) atoms. The number of hydrogen-bond donors (Lipinski definition) is 1. The smallest absolute Gasteiger partial charge is 0.265 e. The lowest BCUT2D eigenvalue weighted by Crippen LogP contribution is -2.14. The van der Waals surface area contributed by atoms with E-state index >= 15 is 0 Å². The van der Waals surface area contributed by atoms with Crippen LogP contribution in [0.4, 0.5) is 14.5 Å². The first kappa shape index (κ1) is 29.5. The van der Waals surface area contributed by atoms with Crippen LogP contribution in [0.3, 0.4) is 0 Å². The molecule has 1 amide bonds. The number of benzene rings is 3. The summed E-state index contributed by atoms with van der Waals surface area (Å²) in [6.45, 7) is 3.89. The predicted molar refractivity (Wildman–Crippen MR) is 152 cm³/mol. The minimum absolute atomic E-state index is 0.124. The van der Waals surface area contributed by atoms with Gasteiger partial charge in [-0.15, -0.1) is 0 Å². The number of nitrogens with one attached hydrogen (secondary N) is 1. The molecule has 1 unspecified atom stereocenters. The van der Waals surface area contributed by atoms with E-state index in [1.807, 2.05) is 37.3 Å². The number of alkyl halides is 2. The number of halogens is 3. The summed E-state index contributed by atoms with van der Waals surface area (Å²) in [7, 11) is -3.39. The molecule has 0 radical (unpaired) electrons. The third kappa shape index (κ3) is 6.60. The Balaban J connectivity index is 1.77. The van der Waals surface area contributed by atoms with Gasteiger partial charge in [-0.2, -0.15) is 0 Å². The molecule has 0 aliphatic heterocycles. The van der Waals surface area contributed by atoms with Crippen LogP contribution in [-0.2, 0) is 21.2 Å². The average molecular weight is 587 g/mol. The van der Waals surface area contributed by atoms with Crippen LogP contribution in [0.25, 0.3) is 5.69 Å². The van der Waals surface area contributed by atoms with E-state index in [-0.39, 0.29) is 26.7 Å². The summed E-state index contributed by atoms with van der Waals surface area (Å²) in [6.07, 6.45) is -1.71. The molecular formula is C30H29ClF2N2O4S. The number of ether oxygens (including phenoxy) is 1. The van der Waals surface area contributed by atoms with Crippen LogP contribution < -0.4 is 5.32 Å². The lowest BCUT2D eigenvalue weighted by molar-refractivity contribution is 0.0332. The SMILES string of the molecule is CCC(OCc1ccccc1)c1cc(C(=O)Nc2ccc(S(C)(=O)=O)cc2)c(C)n1-c1ccc(Cl)cc1C(F)F. The zero-order chi connectivity index (χ0) is 29.0. The minimum Gasteiger partial charge on any atom is -0.367 e. The van der Waals surface area contributed by atoms with Gasteiger partial charge in [-0.25, -0.2) is 17.2 Å². The first-order valence-electron chi connectivity index (χ1n) is 12.6. The van der Waals surface area contributed by atoms with Gasteiger partial charge >= 0.3 is 0 Å². The molecule has 0 spiro atoms. The van der Waals surface area contributed by atoms with Crippen LogP contribution in [0.5, 0.6) is 0 Å². The molecular weight excluding hydrogens is 558 g/mol. The summed E-state index contributed by atoms with van der Waals surface area (Å²) in [6, 6.07) is 21.3. The largest absolute Gasteiger partial charge is 0.367 e.